The molecule has 0 saturated heterocycles. The number of nitrogens with two attached hydrogens (primary N) is 2. The fourth-order valence-electron chi connectivity index (χ4n) is 3.83. The third kappa shape index (κ3) is 3.85. The summed E-state index contributed by atoms with van der Waals surface area (Å²) in [5, 5.41) is 2.81. The zero-order chi connectivity index (χ0) is 23.0. The maximum Gasteiger partial charge on any atom is 0.276 e. The zero-order valence-corrected chi connectivity index (χ0v) is 18.9. The number of carbonyl (C=O) groups excluding carboxylic acids is 1. The van der Waals surface area contributed by atoms with E-state index in [9.17, 15) is 4.79 Å². The van der Waals surface area contributed by atoms with Crippen LogP contribution in [0.15, 0.2) is 42.5 Å². The number of nitrogens with one attached hydrogen (secondary N) is 1. The molecule has 0 aliphatic rings. The van der Waals surface area contributed by atoms with Gasteiger partial charge in [0.15, 0.2) is 33.5 Å². The summed E-state index contributed by atoms with van der Waals surface area (Å²) in [6, 6.07) is 14.9. The Morgan fingerprint density at radius 3 is 2.47 bits per heavy atom. The lowest BCUT2D eigenvalue weighted by Crippen LogP contribution is -2.38. The minimum Gasteiger partial charge on any atom is -0.382 e. The smallest absolute Gasteiger partial charge is 0.276 e. The maximum atomic E-state index is 12.7. The summed E-state index contributed by atoms with van der Waals surface area (Å²) in [6.07, 6.45) is 0. The monoisotopic (exact) mass is 450 g/mol. The van der Waals surface area contributed by atoms with Gasteiger partial charge in [-0.2, -0.15) is 0 Å². The molecule has 1 amide bonds. The molecule has 9 heteroatoms. The topological polar surface area (TPSA) is 116 Å². The number of carbonyl (C=O) groups is 1. The van der Waals surface area contributed by atoms with Crippen LogP contribution in [0.25, 0.3) is 22.2 Å². The Bertz CT molecular complexity index is 1330. The second kappa shape index (κ2) is 8.47. The molecule has 0 fully saturated rings. The molecule has 0 aliphatic heterocycles. The third-order valence-electron chi connectivity index (χ3n) is 5.55. The molecule has 2 aromatic carbocycles. The predicted molar refractivity (Wildman–Crippen MR) is 126 cm³/mol. The Morgan fingerprint density at radius 1 is 1.09 bits per heavy atom. The predicted octanol–water partition coefficient (Wildman–Crippen LogP) is 3.00. The fourth-order valence-corrected chi connectivity index (χ4v) is 3.95. The van der Waals surface area contributed by atoms with Crippen molar-refractivity contribution in [3.05, 3.63) is 64.7 Å². The van der Waals surface area contributed by atoms with Crippen molar-refractivity contribution < 1.29 is 9.36 Å². The first-order valence-electron chi connectivity index (χ1n) is 10.2. The van der Waals surface area contributed by atoms with Crippen molar-refractivity contribution in [1.29, 1.82) is 0 Å². The molecule has 0 spiro atoms. The molecule has 0 atom stereocenters. The number of fused-ring (bicyclic) bond motifs is 1. The molecule has 0 radical (unpaired) electrons. The van der Waals surface area contributed by atoms with Crippen LogP contribution in [0.4, 0.5) is 11.6 Å². The first-order chi connectivity index (χ1) is 15.3. The van der Waals surface area contributed by atoms with Gasteiger partial charge in [-0.1, -0.05) is 41.4 Å². The second-order valence-corrected chi connectivity index (χ2v) is 7.96. The summed E-state index contributed by atoms with van der Waals surface area (Å²) in [7, 11) is 1.98. The minimum absolute atomic E-state index is 0.0115. The van der Waals surface area contributed by atoms with Crippen LogP contribution in [0.3, 0.4) is 0 Å². The van der Waals surface area contributed by atoms with Crippen LogP contribution in [0, 0.1) is 6.92 Å². The number of anilines is 2. The van der Waals surface area contributed by atoms with Crippen LogP contribution in [0.2, 0.25) is 5.15 Å². The average molecular weight is 451 g/mol. The van der Waals surface area contributed by atoms with E-state index in [0.717, 1.165) is 34.5 Å². The van der Waals surface area contributed by atoms with Crippen LogP contribution >= 0.6 is 11.6 Å². The Morgan fingerprint density at radius 2 is 1.78 bits per heavy atom. The number of hydrogen-bond acceptors (Lipinski definition) is 5. The van der Waals surface area contributed by atoms with Gasteiger partial charge in [0.1, 0.15) is 6.54 Å². The SMILES string of the molecule is CCn1c(CNC(=O)c2nc(Cl)c(N)nc2N)[n+](C)c2ccc(-c3ccc(C)cc3)cc21. The molecule has 164 valence electrons. The van der Waals surface area contributed by atoms with Gasteiger partial charge in [-0.25, -0.2) is 19.1 Å². The van der Waals surface area contributed by atoms with Gasteiger partial charge in [-0.05, 0) is 43.2 Å². The van der Waals surface area contributed by atoms with Gasteiger partial charge >= 0.3 is 0 Å². The number of benzene rings is 2. The van der Waals surface area contributed by atoms with E-state index in [1.165, 1.54) is 5.56 Å². The number of hydrogen-bond donors (Lipinski definition) is 3. The summed E-state index contributed by atoms with van der Waals surface area (Å²) in [5.74, 6) is 0.394. The number of imidazole rings is 1. The Hall–Kier alpha value is -3.65. The summed E-state index contributed by atoms with van der Waals surface area (Å²) >= 11 is 5.90. The highest BCUT2D eigenvalue weighted by molar-refractivity contribution is 6.31. The summed E-state index contributed by atoms with van der Waals surface area (Å²) in [6.45, 7) is 5.18. The van der Waals surface area contributed by atoms with Crippen LogP contribution in [0.1, 0.15) is 28.8 Å². The lowest BCUT2D eigenvalue weighted by molar-refractivity contribution is -0.654. The van der Waals surface area contributed by atoms with Crippen LogP contribution in [-0.4, -0.2) is 20.4 Å². The van der Waals surface area contributed by atoms with Gasteiger partial charge in [0, 0.05) is 0 Å². The van der Waals surface area contributed by atoms with Crippen LogP contribution < -0.4 is 21.4 Å². The molecule has 0 saturated carbocycles. The van der Waals surface area contributed by atoms with E-state index in [2.05, 4.69) is 80.7 Å². The van der Waals surface area contributed by atoms with Crippen molar-refractivity contribution in [3.63, 3.8) is 0 Å². The Balaban J connectivity index is 1.67. The third-order valence-corrected chi connectivity index (χ3v) is 5.83. The van der Waals surface area contributed by atoms with Gasteiger partial charge in [0.05, 0.1) is 13.6 Å². The van der Waals surface area contributed by atoms with Crippen LogP contribution in [0.5, 0.6) is 0 Å². The highest BCUT2D eigenvalue weighted by Gasteiger charge is 2.24. The van der Waals surface area contributed by atoms with E-state index in [1.807, 2.05) is 7.05 Å². The Labute approximate surface area is 190 Å². The number of amides is 1. The second-order valence-electron chi connectivity index (χ2n) is 7.61. The first kappa shape index (κ1) is 21.6. The standard InChI is InChI=1S/C23H24ClN7O/c1-4-31-17-11-15(14-7-5-13(2)6-8-14)9-10-16(17)30(3)18(31)12-27-23(32)19-21(25)29-22(26)20(24)28-19/h5-11H,4,12H2,1-3H3,(H4-,25,26,27,29,32)/p+1. The van der Waals surface area contributed by atoms with Gasteiger partial charge in [0.25, 0.3) is 11.7 Å². The van der Waals surface area contributed by atoms with E-state index < -0.39 is 5.91 Å². The number of nitrogens with zero attached hydrogens (tertiary/aromatic N) is 4. The minimum atomic E-state index is -0.467. The van der Waals surface area contributed by atoms with Crippen molar-refractivity contribution in [2.45, 2.75) is 26.9 Å². The summed E-state index contributed by atoms with van der Waals surface area (Å²) in [5.41, 5.74) is 17.0. The number of aromatic nitrogens is 4. The van der Waals surface area contributed by atoms with Gasteiger partial charge in [-0.3, -0.25) is 4.79 Å². The molecule has 5 N–H and O–H groups in total. The molecule has 0 aliphatic carbocycles. The molecule has 32 heavy (non-hydrogen) atoms. The van der Waals surface area contributed by atoms with E-state index in [1.54, 1.807) is 0 Å². The van der Waals surface area contributed by atoms with E-state index in [4.69, 9.17) is 23.1 Å². The molecule has 2 heterocycles. The van der Waals surface area contributed by atoms with Crippen molar-refractivity contribution >= 4 is 40.2 Å². The quantitative estimate of drug-likeness (QED) is 0.404. The van der Waals surface area contributed by atoms with E-state index in [0.29, 0.717) is 0 Å². The number of nitrogen functional groups attached to an aromatic ring is 2. The highest BCUT2D eigenvalue weighted by Crippen LogP contribution is 2.25. The van der Waals surface area contributed by atoms with Gasteiger partial charge in [-0.15, -0.1) is 0 Å². The number of halogens is 1. The fraction of sp³-hybridized carbons (Fsp3) is 0.217. The molecule has 0 unspecified atom stereocenters. The molecular formula is C23H25ClN7O+. The summed E-state index contributed by atoms with van der Waals surface area (Å²) < 4.78 is 4.25. The molecule has 8 nitrogen and oxygen atoms in total. The lowest BCUT2D eigenvalue weighted by atomic mass is 10.0. The van der Waals surface area contributed by atoms with Crippen molar-refractivity contribution in [2.75, 3.05) is 11.5 Å². The van der Waals surface area contributed by atoms with Crippen molar-refractivity contribution in [2.24, 2.45) is 7.05 Å². The Kier molecular flexibility index (Phi) is 5.71. The first-order valence-corrected chi connectivity index (χ1v) is 10.6. The van der Waals surface area contributed by atoms with Crippen LogP contribution in [-0.2, 0) is 20.1 Å². The molecule has 2 aromatic heterocycles. The summed E-state index contributed by atoms with van der Waals surface area (Å²) in [4.78, 5) is 20.5. The molecule has 0 bridgehead atoms. The van der Waals surface area contributed by atoms with Crippen molar-refractivity contribution in [1.82, 2.24) is 19.9 Å². The van der Waals surface area contributed by atoms with E-state index >= 15 is 0 Å². The van der Waals surface area contributed by atoms with Gasteiger partial charge < -0.3 is 16.8 Å². The van der Waals surface area contributed by atoms with Gasteiger partial charge in [0.2, 0.25) is 0 Å². The largest absolute Gasteiger partial charge is 0.382 e. The molecular weight excluding hydrogens is 426 g/mol. The highest BCUT2D eigenvalue weighted by atomic mass is 35.5. The number of rotatable bonds is 5. The maximum absolute atomic E-state index is 12.7. The lowest BCUT2D eigenvalue weighted by Gasteiger charge is -2.07. The molecule has 4 rings (SSSR count). The van der Waals surface area contributed by atoms with Crippen molar-refractivity contribution in [3.8, 4) is 11.1 Å². The van der Waals surface area contributed by atoms with E-state index in [-0.39, 0.29) is 29.0 Å². The average Bonchev–Trinajstić information content (AvgIpc) is 3.05. The normalized spacial score (nSPS) is 11.1. The molecule has 4 aromatic rings. The number of aryl methyl sites for hydroxylation is 3. The zero-order valence-electron chi connectivity index (χ0n) is 18.2.